The van der Waals surface area contributed by atoms with Crippen LogP contribution in [0.4, 0.5) is 5.82 Å². The highest BCUT2D eigenvalue weighted by Gasteiger charge is 2.30. The number of carbonyl (C=O) groups excluding carboxylic acids is 1. The molecule has 1 fully saturated rings. The topological polar surface area (TPSA) is 62.5 Å². The fraction of sp³-hybridized carbons (Fsp3) is 0.471. The van der Waals surface area contributed by atoms with Gasteiger partial charge in [-0.25, -0.2) is 4.98 Å². The lowest BCUT2D eigenvalue weighted by Crippen LogP contribution is -2.42. The van der Waals surface area contributed by atoms with Crippen LogP contribution in [0.15, 0.2) is 41.4 Å². The summed E-state index contributed by atoms with van der Waals surface area (Å²) in [4.78, 5) is 25.1. The van der Waals surface area contributed by atoms with Gasteiger partial charge < -0.3 is 14.2 Å². The third-order valence-electron chi connectivity index (χ3n) is 4.60. The number of anilines is 1. The number of amides is 1. The molecule has 1 aliphatic rings. The molecule has 2 aromatic heterocycles. The average molecular weight is 314 g/mol. The van der Waals surface area contributed by atoms with Crippen LogP contribution >= 0.6 is 0 Å². The standard InChI is InChI=1S/C17H22N4O2/c1-13(15-4-3-11-23-15)20(2)17(22)14-5-9-21(10-6-14)16-12-18-7-8-19-16/h3-4,7-8,11-14H,5-6,9-10H2,1-2H3. The first-order chi connectivity index (χ1) is 11.2. The molecule has 0 spiro atoms. The quantitative estimate of drug-likeness (QED) is 0.867. The van der Waals surface area contributed by atoms with Gasteiger partial charge in [-0.05, 0) is 31.9 Å². The van der Waals surface area contributed by atoms with E-state index in [1.165, 1.54) is 0 Å². The third kappa shape index (κ3) is 3.36. The summed E-state index contributed by atoms with van der Waals surface area (Å²) in [6, 6.07) is 3.71. The number of hydrogen-bond acceptors (Lipinski definition) is 5. The minimum Gasteiger partial charge on any atom is -0.467 e. The van der Waals surface area contributed by atoms with Crippen LogP contribution < -0.4 is 4.90 Å². The molecule has 1 atom stereocenters. The van der Waals surface area contributed by atoms with Crippen LogP contribution in [0.5, 0.6) is 0 Å². The van der Waals surface area contributed by atoms with Crippen molar-refractivity contribution in [2.45, 2.75) is 25.8 Å². The minimum atomic E-state index is -0.0458. The summed E-state index contributed by atoms with van der Waals surface area (Å²) in [5.41, 5.74) is 0. The number of hydrogen-bond donors (Lipinski definition) is 0. The van der Waals surface area contributed by atoms with Crippen molar-refractivity contribution < 1.29 is 9.21 Å². The molecule has 122 valence electrons. The molecule has 0 aromatic carbocycles. The molecule has 1 unspecified atom stereocenters. The van der Waals surface area contributed by atoms with Crippen molar-refractivity contribution in [1.29, 1.82) is 0 Å². The molecule has 0 aliphatic carbocycles. The molecule has 2 aromatic rings. The smallest absolute Gasteiger partial charge is 0.226 e. The van der Waals surface area contributed by atoms with Gasteiger partial charge in [-0.1, -0.05) is 0 Å². The predicted octanol–water partition coefficient (Wildman–Crippen LogP) is 2.51. The largest absolute Gasteiger partial charge is 0.467 e. The number of nitrogens with zero attached hydrogens (tertiary/aromatic N) is 4. The maximum Gasteiger partial charge on any atom is 0.226 e. The minimum absolute atomic E-state index is 0.0458. The molecule has 0 radical (unpaired) electrons. The lowest BCUT2D eigenvalue weighted by Gasteiger charge is -2.34. The molecular formula is C17H22N4O2. The normalized spacial score (nSPS) is 17.0. The van der Waals surface area contributed by atoms with Gasteiger partial charge in [-0.2, -0.15) is 0 Å². The van der Waals surface area contributed by atoms with Gasteiger partial charge in [0.25, 0.3) is 0 Å². The lowest BCUT2D eigenvalue weighted by atomic mass is 9.95. The van der Waals surface area contributed by atoms with E-state index in [0.29, 0.717) is 0 Å². The zero-order valence-corrected chi connectivity index (χ0v) is 13.6. The van der Waals surface area contributed by atoms with E-state index in [2.05, 4.69) is 14.9 Å². The fourth-order valence-electron chi connectivity index (χ4n) is 3.01. The number of furan rings is 1. The Kier molecular flexibility index (Phi) is 4.60. The predicted molar refractivity (Wildman–Crippen MR) is 86.9 cm³/mol. The van der Waals surface area contributed by atoms with Crippen LogP contribution in [0.25, 0.3) is 0 Å². The van der Waals surface area contributed by atoms with E-state index >= 15 is 0 Å². The maximum absolute atomic E-state index is 12.7. The Morgan fingerprint density at radius 1 is 1.39 bits per heavy atom. The molecule has 3 heterocycles. The SMILES string of the molecule is CC(c1ccco1)N(C)C(=O)C1CCN(c2cnccn2)CC1. The third-order valence-corrected chi connectivity index (χ3v) is 4.60. The fourth-order valence-corrected chi connectivity index (χ4v) is 3.01. The number of carbonyl (C=O) groups is 1. The first-order valence-electron chi connectivity index (χ1n) is 7.98. The van der Waals surface area contributed by atoms with E-state index in [1.807, 2.05) is 26.1 Å². The van der Waals surface area contributed by atoms with Crippen molar-refractivity contribution in [3.63, 3.8) is 0 Å². The van der Waals surface area contributed by atoms with Gasteiger partial charge in [0.1, 0.15) is 11.6 Å². The van der Waals surface area contributed by atoms with Gasteiger partial charge in [0.15, 0.2) is 0 Å². The summed E-state index contributed by atoms with van der Waals surface area (Å²) in [6.45, 7) is 3.65. The van der Waals surface area contributed by atoms with Crippen LogP contribution in [-0.2, 0) is 4.79 Å². The van der Waals surface area contributed by atoms with Crippen molar-refractivity contribution in [3.05, 3.63) is 42.7 Å². The highest BCUT2D eigenvalue weighted by Crippen LogP contribution is 2.26. The van der Waals surface area contributed by atoms with Crippen molar-refractivity contribution >= 4 is 11.7 Å². The second-order valence-electron chi connectivity index (χ2n) is 5.97. The van der Waals surface area contributed by atoms with Crippen molar-refractivity contribution in [2.75, 3.05) is 25.0 Å². The van der Waals surface area contributed by atoms with Gasteiger partial charge >= 0.3 is 0 Å². The van der Waals surface area contributed by atoms with Gasteiger partial charge in [0, 0.05) is 38.4 Å². The van der Waals surface area contributed by atoms with Crippen LogP contribution in [0, 0.1) is 5.92 Å². The van der Waals surface area contributed by atoms with E-state index < -0.39 is 0 Å². The number of piperidine rings is 1. The summed E-state index contributed by atoms with van der Waals surface area (Å²) in [7, 11) is 1.85. The highest BCUT2D eigenvalue weighted by molar-refractivity contribution is 5.79. The molecule has 1 aliphatic heterocycles. The van der Waals surface area contributed by atoms with E-state index in [-0.39, 0.29) is 17.9 Å². The second-order valence-corrected chi connectivity index (χ2v) is 5.97. The highest BCUT2D eigenvalue weighted by atomic mass is 16.3. The Labute approximate surface area is 136 Å². The average Bonchev–Trinajstić information content (AvgIpc) is 3.15. The monoisotopic (exact) mass is 314 g/mol. The molecule has 0 bridgehead atoms. The molecule has 6 nitrogen and oxygen atoms in total. The molecule has 23 heavy (non-hydrogen) atoms. The van der Waals surface area contributed by atoms with Crippen LogP contribution in [0.1, 0.15) is 31.6 Å². The summed E-state index contributed by atoms with van der Waals surface area (Å²) in [5.74, 6) is 1.95. The van der Waals surface area contributed by atoms with Crippen LogP contribution in [-0.4, -0.2) is 40.9 Å². The summed E-state index contributed by atoms with van der Waals surface area (Å²) in [5, 5.41) is 0. The van der Waals surface area contributed by atoms with E-state index in [1.54, 1.807) is 29.8 Å². The second kappa shape index (κ2) is 6.81. The molecule has 0 N–H and O–H groups in total. The number of rotatable bonds is 4. The molecule has 1 saturated heterocycles. The van der Waals surface area contributed by atoms with E-state index in [9.17, 15) is 4.79 Å². The van der Waals surface area contributed by atoms with Crippen LogP contribution in [0.3, 0.4) is 0 Å². The van der Waals surface area contributed by atoms with Crippen molar-refractivity contribution in [1.82, 2.24) is 14.9 Å². The summed E-state index contributed by atoms with van der Waals surface area (Å²) in [6.07, 6.45) is 8.46. The molecule has 0 saturated carbocycles. The Morgan fingerprint density at radius 2 is 2.17 bits per heavy atom. The Bertz CT molecular complexity index is 621. The summed E-state index contributed by atoms with van der Waals surface area (Å²) < 4.78 is 5.41. The molecule has 3 rings (SSSR count). The first kappa shape index (κ1) is 15.5. The molecule has 6 heteroatoms. The van der Waals surface area contributed by atoms with Crippen molar-refractivity contribution in [2.24, 2.45) is 5.92 Å². The van der Waals surface area contributed by atoms with Crippen LogP contribution in [0.2, 0.25) is 0 Å². The zero-order chi connectivity index (χ0) is 16.2. The first-order valence-corrected chi connectivity index (χ1v) is 7.98. The molecular weight excluding hydrogens is 292 g/mol. The Hall–Kier alpha value is -2.37. The lowest BCUT2D eigenvalue weighted by molar-refractivity contribution is -0.137. The van der Waals surface area contributed by atoms with Gasteiger partial charge in [-0.3, -0.25) is 9.78 Å². The van der Waals surface area contributed by atoms with Gasteiger partial charge in [-0.15, -0.1) is 0 Å². The van der Waals surface area contributed by atoms with E-state index in [4.69, 9.17) is 4.42 Å². The van der Waals surface area contributed by atoms with E-state index in [0.717, 1.165) is 37.5 Å². The van der Waals surface area contributed by atoms with Crippen molar-refractivity contribution in [3.8, 4) is 0 Å². The number of aromatic nitrogens is 2. The van der Waals surface area contributed by atoms with Gasteiger partial charge in [0.2, 0.25) is 5.91 Å². The maximum atomic E-state index is 12.7. The Balaban J connectivity index is 1.58. The Morgan fingerprint density at radius 3 is 2.78 bits per heavy atom. The zero-order valence-electron chi connectivity index (χ0n) is 13.6. The molecule has 1 amide bonds. The summed E-state index contributed by atoms with van der Waals surface area (Å²) >= 11 is 0. The van der Waals surface area contributed by atoms with Gasteiger partial charge in [0.05, 0.1) is 18.5 Å².